The molecule has 0 atom stereocenters. The minimum absolute atomic E-state index is 2.00. The van der Waals surface area contributed by atoms with Crippen molar-refractivity contribution in [3.63, 3.8) is 0 Å². The van der Waals surface area contributed by atoms with Crippen LogP contribution in [-0.4, -0.2) is 0 Å². The summed E-state index contributed by atoms with van der Waals surface area (Å²) >= 11 is 2.00. The molecule has 0 saturated carbocycles. The van der Waals surface area contributed by atoms with Crippen molar-refractivity contribution in [1.29, 1.82) is 0 Å². The molecule has 26 valence electrons. The molecule has 0 aromatic rings. The second-order valence-corrected chi connectivity index (χ2v) is 2.27. The van der Waals surface area contributed by atoms with Crippen LogP contribution in [0.25, 0.3) is 0 Å². The van der Waals surface area contributed by atoms with Crippen molar-refractivity contribution in [1.82, 2.24) is 0 Å². The van der Waals surface area contributed by atoms with Crippen molar-refractivity contribution < 1.29 is 27.8 Å². The molecule has 0 radical (unpaired) electrons. The van der Waals surface area contributed by atoms with E-state index in [1.165, 1.54) is 0 Å². The first-order valence-electron chi connectivity index (χ1n) is 0.507. The summed E-state index contributed by atoms with van der Waals surface area (Å²) in [7, 11) is 0. The predicted molar refractivity (Wildman–Crippen MR) is 8.29 cm³/mol. The molecule has 0 fully saturated rings. The average molecular weight is 169 g/mol. The third-order valence-electron chi connectivity index (χ3n) is 0. The second-order valence-electron chi connectivity index (χ2n) is 0.190. The van der Waals surface area contributed by atoms with Gasteiger partial charge in [0.2, 0.25) is 0 Å². The summed E-state index contributed by atoms with van der Waals surface area (Å²) < 4.78 is 17.9. The van der Waals surface area contributed by atoms with Crippen LogP contribution in [0.1, 0.15) is 0 Å². The summed E-state index contributed by atoms with van der Waals surface area (Å²) in [5.41, 5.74) is 0. The molecule has 4 heteroatoms. The summed E-state index contributed by atoms with van der Waals surface area (Å²) in [6.07, 6.45) is 0. The van der Waals surface area contributed by atoms with E-state index in [2.05, 4.69) is 0 Å². The van der Waals surface area contributed by atoms with E-state index in [0.29, 0.717) is 0 Å². The number of hydrogen-bond acceptors (Lipinski definition) is 2. The molecular weight excluding hydrogens is 169 g/mol. The molecule has 0 aliphatic rings. The van der Waals surface area contributed by atoms with Gasteiger partial charge < -0.3 is 0 Å². The third-order valence-corrected chi connectivity index (χ3v) is 0. The van der Waals surface area contributed by atoms with Gasteiger partial charge in [0.15, 0.2) is 0 Å². The molecule has 0 spiro atoms. The molecule has 2 nitrogen and oxygen atoms in total. The second kappa shape index (κ2) is 1.84. The van der Waals surface area contributed by atoms with Crippen molar-refractivity contribution >= 4 is 5.87 Å². The molecule has 0 aliphatic heterocycles. The van der Waals surface area contributed by atoms with Gasteiger partial charge in [-0.25, -0.2) is 0 Å². The molecular formula is O2PPd+. The Bertz CT molecular complexity index is 54.4. The Morgan fingerprint density at radius 1 is 1.50 bits per heavy atom. The summed E-state index contributed by atoms with van der Waals surface area (Å²) in [6.45, 7) is 0. The van der Waals surface area contributed by atoms with Gasteiger partial charge in [-0.3, -0.25) is 0 Å². The van der Waals surface area contributed by atoms with Gasteiger partial charge in [0.05, 0.1) is 0 Å². The first-order valence-corrected chi connectivity index (χ1v) is 3.61. The summed E-state index contributed by atoms with van der Waals surface area (Å²) in [6, 6.07) is 0. The van der Waals surface area contributed by atoms with Crippen molar-refractivity contribution in [2.75, 3.05) is 0 Å². The van der Waals surface area contributed by atoms with E-state index in [0.717, 1.165) is 0 Å². The first-order chi connectivity index (χ1) is 1.73. The van der Waals surface area contributed by atoms with Gasteiger partial charge in [-0.1, -0.05) is 0 Å². The monoisotopic (exact) mass is 169 g/mol. The van der Waals surface area contributed by atoms with Crippen LogP contribution in [0.15, 0.2) is 0 Å². The van der Waals surface area contributed by atoms with Gasteiger partial charge in [0, 0.05) is 0 Å². The fourth-order valence-electron chi connectivity index (χ4n) is 0. The molecule has 0 saturated heterocycles. The zero-order valence-electron chi connectivity index (χ0n) is 1.58. The van der Waals surface area contributed by atoms with Crippen molar-refractivity contribution in [3.05, 3.63) is 0 Å². The quantitative estimate of drug-likeness (QED) is 0.393. The third kappa shape index (κ3) is 19.8. The van der Waals surface area contributed by atoms with Crippen LogP contribution in [0, 0.1) is 0 Å². The molecule has 0 aliphatic carbocycles. The van der Waals surface area contributed by atoms with Gasteiger partial charge in [0.25, 0.3) is 0 Å². The molecule has 0 bridgehead atoms. The molecule has 0 unspecified atom stereocenters. The fourth-order valence-corrected chi connectivity index (χ4v) is 0. The standard InChI is InChI=1S/O2P.Pd/c1-3-2;/q;+1. The fraction of sp³-hybridized carbons (Fsp3) is 0. The van der Waals surface area contributed by atoms with Gasteiger partial charge in [0.1, 0.15) is 0 Å². The number of rotatable bonds is 0. The van der Waals surface area contributed by atoms with Crippen LogP contribution in [0.3, 0.4) is 0 Å². The topological polar surface area (TPSA) is 34.1 Å². The molecule has 0 N–H and O–H groups in total. The van der Waals surface area contributed by atoms with E-state index in [4.69, 9.17) is 9.13 Å². The summed E-state index contributed by atoms with van der Waals surface area (Å²) in [4.78, 5) is 0. The van der Waals surface area contributed by atoms with Crippen molar-refractivity contribution in [2.45, 2.75) is 0 Å². The Balaban J connectivity index is 3.51. The Morgan fingerprint density at radius 3 is 1.50 bits per heavy atom. The SMILES string of the molecule is O=[P](=O)[Pd+]. The van der Waals surface area contributed by atoms with E-state index < -0.39 is 5.87 Å². The van der Waals surface area contributed by atoms with Crippen LogP contribution < -0.4 is 0 Å². The average Bonchev–Trinajstić information content (AvgIpc) is 0.811. The van der Waals surface area contributed by atoms with Crippen LogP contribution >= 0.6 is 5.87 Å². The van der Waals surface area contributed by atoms with Gasteiger partial charge in [-0.2, -0.15) is 0 Å². The summed E-state index contributed by atoms with van der Waals surface area (Å²) in [5.74, 6) is -2.27. The number of hydrogen-bond donors (Lipinski definition) is 0. The van der Waals surface area contributed by atoms with Crippen molar-refractivity contribution in [3.8, 4) is 0 Å². The van der Waals surface area contributed by atoms with Crippen LogP contribution in [-0.2, 0) is 27.8 Å². The van der Waals surface area contributed by atoms with Crippen molar-refractivity contribution in [2.24, 2.45) is 0 Å². The van der Waals surface area contributed by atoms with E-state index in [1.54, 1.807) is 0 Å². The predicted octanol–water partition coefficient (Wildman–Crippen LogP) is 0.621. The van der Waals surface area contributed by atoms with E-state index >= 15 is 0 Å². The first kappa shape index (κ1) is 4.56. The molecule has 0 amide bonds. The maximum atomic E-state index is 8.97. The Kier molecular flexibility index (Phi) is 2.10. The van der Waals surface area contributed by atoms with Gasteiger partial charge >= 0.3 is 33.7 Å². The Labute approximate surface area is 34.3 Å². The van der Waals surface area contributed by atoms with Gasteiger partial charge in [-0.05, 0) is 0 Å². The zero-order chi connectivity index (χ0) is 3.58. The van der Waals surface area contributed by atoms with E-state index in [9.17, 15) is 0 Å². The Hall–Kier alpha value is 0.562. The molecule has 0 heterocycles. The van der Waals surface area contributed by atoms with Crippen LogP contribution in [0.4, 0.5) is 0 Å². The molecule has 0 aromatic carbocycles. The van der Waals surface area contributed by atoms with Crippen LogP contribution in [0.5, 0.6) is 0 Å². The molecule has 0 aromatic heterocycles. The zero-order valence-corrected chi connectivity index (χ0v) is 4.03. The van der Waals surface area contributed by atoms with E-state index in [-0.39, 0.29) is 0 Å². The molecule has 4 heavy (non-hydrogen) atoms. The van der Waals surface area contributed by atoms with Gasteiger partial charge in [-0.15, -0.1) is 0 Å². The summed E-state index contributed by atoms with van der Waals surface area (Å²) in [5, 5.41) is 0. The van der Waals surface area contributed by atoms with Crippen LogP contribution in [0.2, 0.25) is 0 Å². The Morgan fingerprint density at radius 2 is 1.50 bits per heavy atom. The molecule has 0 rings (SSSR count). The minimum atomic E-state index is -2.27. The normalized spacial score (nSPS) is 6.50. The van der Waals surface area contributed by atoms with E-state index in [1.807, 2.05) is 18.7 Å². The maximum absolute atomic E-state index is 8.97.